The molecular weight excluding hydrogens is 468 g/mol. The van der Waals surface area contributed by atoms with Gasteiger partial charge in [-0.2, -0.15) is 5.10 Å². The van der Waals surface area contributed by atoms with Crippen LogP contribution in [0.1, 0.15) is 39.0 Å². The number of likely N-dealkylation sites (N-methyl/N-ethyl adjacent to an activating group) is 1. The van der Waals surface area contributed by atoms with Gasteiger partial charge in [-0.3, -0.25) is 19.6 Å². The smallest absolute Gasteiger partial charge is 0.322 e. The molecule has 0 atom stereocenters. The van der Waals surface area contributed by atoms with E-state index in [2.05, 4.69) is 47.3 Å². The highest BCUT2D eigenvalue weighted by molar-refractivity contribution is 5.92. The van der Waals surface area contributed by atoms with Crippen molar-refractivity contribution in [3.05, 3.63) is 48.7 Å². The van der Waals surface area contributed by atoms with Gasteiger partial charge in [0.25, 0.3) is 0 Å². The van der Waals surface area contributed by atoms with Crippen LogP contribution < -0.4 is 10.4 Å². The molecule has 1 aliphatic rings. The van der Waals surface area contributed by atoms with Crippen molar-refractivity contribution in [1.29, 1.82) is 0 Å². The van der Waals surface area contributed by atoms with Crippen LogP contribution in [0.25, 0.3) is 22.0 Å². The molecule has 3 aromatic rings. The van der Waals surface area contributed by atoms with Crippen LogP contribution in [0.5, 0.6) is 0 Å². The predicted octanol–water partition coefficient (Wildman–Crippen LogP) is 4.26. The lowest BCUT2D eigenvalue weighted by atomic mass is 10.0. The number of nitrogens with one attached hydrogen (secondary N) is 1. The average molecular weight is 507 g/mol. The molecule has 198 valence electrons. The molecule has 4 rings (SSSR count). The maximum Gasteiger partial charge on any atom is 0.324 e. The summed E-state index contributed by atoms with van der Waals surface area (Å²) in [6.07, 6.45) is 5.54. The molecule has 1 aromatic heterocycles. The molecule has 1 saturated heterocycles. The first kappa shape index (κ1) is 26.6. The molecule has 0 bridgehead atoms. The third kappa shape index (κ3) is 6.67. The number of nitrogens with zero attached hydrogens (tertiary/aromatic N) is 5. The second-order valence-corrected chi connectivity index (χ2v) is 9.64. The number of anilines is 1. The summed E-state index contributed by atoms with van der Waals surface area (Å²) in [5, 5.41) is 14.1. The molecule has 0 spiro atoms. The number of benzene rings is 2. The van der Waals surface area contributed by atoms with Gasteiger partial charge in [0.05, 0.1) is 11.7 Å². The summed E-state index contributed by atoms with van der Waals surface area (Å²) in [5.41, 5.74) is 5.88. The third-order valence-corrected chi connectivity index (χ3v) is 7.24. The van der Waals surface area contributed by atoms with Crippen LogP contribution in [0.4, 0.5) is 10.5 Å². The number of carbonyl (C=O) groups is 2. The van der Waals surface area contributed by atoms with Crippen LogP contribution in [0.3, 0.4) is 0 Å². The van der Waals surface area contributed by atoms with Gasteiger partial charge in [0.15, 0.2) is 0 Å². The summed E-state index contributed by atoms with van der Waals surface area (Å²) >= 11 is 0. The minimum Gasteiger partial charge on any atom is -0.322 e. The lowest BCUT2D eigenvalue weighted by Gasteiger charge is -2.37. The van der Waals surface area contributed by atoms with Gasteiger partial charge >= 0.3 is 6.03 Å². The third-order valence-electron chi connectivity index (χ3n) is 7.24. The van der Waals surface area contributed by atoms with E-state index < -0.39 is 0 Å². The average Bonchev–Trinajstić information content (AvgIpc) is 3.32. The summed E-state index contributed by atoms with van der Waals surface area (Å²) in [6, 6.07) is 14.6. The summed E-state index contributed by atoms with van der Waals surface area (Å²) in [6.45, 7) is 7.07. The normalized spacial score (nSPS) is 14.2. The standard InChI is InChI=1S/C28H38N6O3/c1-3-32-16-18-33(19-17-32)28(36)34(15-7-5-4-6-8-27(35)30-37)25-12-9-22(10-13-25)23-11-14-26-24(20-23)21-29-31(26)2/h9-14,20-21,37H,3-8,15-19H2,1-2H3,(H,30,35). The van der Waals surface area contributed by atoms with E-state index in [4.69, 9.17) is 5.21 Å². The predicted molar refractivity (Wildman–Crippen MR) is 146 cm³/mol. The van der Waals surface area contributed by atoms with E-state index >= 15 is 0 Å². The Morgan fingerprint density at radius 3 is 2.38 bits per heavy atom. The highest BCUT2D eigenvalue weighted by Crippen LogP contribution is 2.27. The lowest BCUT2D eigenvalue weighted by molar-refractivity contribution is -0.129. The van der Waals surface area contributed by atoms with Crippen molar-refractivity contribution >= 4 is 28.5 Å². The van der Waals surface area contributed by atoms with Gasteiger partial charge in [-0.15, -0.1) is 0 Å². The molecule has 37 heavy (non-hydrogen) atoms. The minimum atomic E-state index is -0.356. The Morgan fingerprint density at radius 2 is 1.68 bits per heavy atom. The number of piperazine rings is 1. The number of urea groups is 1. The number of unbranched alkanes of at least 4 members (excludes halogenated alkanes) is 3. The van der Waals surface area contributed by atoms with Crippen LogP contribution in [0.2, 0.25) is 0 Å². The zero-order valence-corrected chi connectivity index (χ0v) is 21.9. The van der Waals surface area contributed by atoms with E-state index in [1.807, 2.05) is 39.9 Å². The van der Waals surface area contributed by atoms with E-state index in [9.17, 15) is 9.59 Å². The summed E-state index contributed by atoms with van der Waals surface area (Å²) in [4.78, 5) is 31.0. The van der Waals surface area contributed by atoms with Crippen molar-refractivity contribution < 1.29 is 14.8 Å². The van der Waals surface area contributed by atoms with Crippen molar-refractivity contribution in [3.8, 4) is 11.1 Å². The number of hydrogen-bond donors (Lipinski definition) is 2. The number of carbonyl (C=O) groups excluding carboxylic acids is 2. The number of amides is 3. The molecule has 1 aliphatic heterocycles. The van der Waals surface area contributed by atoms with E-state index in [1.54, 1.807) is 5.48 Å². The first-order valence-corrected chi connectivity index (χ1v) is 13.2. The number of hydrogen-bond acceptors (Lipinski definition) is 5. The van der Waals surface area contributed by atoms with Crippen LogP contribution >= 0.6 is 0 Å². The fraction of sp³-hybridized carbons (Fsp3) is 0.464. The Balaban J connectivity index is 1.45. The molecule has 0 radical (unpaired) electrons. The van der Waals surface area contributed by atoms with Crippen molar-refractivity contribution in [2.24, 2.45) is 7.05 Å². The molecule has 2 aromatic carbocycles. The van der Waals surface area contributed by atoms with E-state index in [0.717, 1.165) is 86.1 Å². The van der Waals surface area contributed by atoms with Crippen molar-refractivity contribution in [2.45, 2.75) is 39.0 Å². The largest absolute Gasteiger partial charge is 0.324 e. The molecule has 9 heteroatoms. The van der Waals surface area contributed by atoms with Gasteiger partial charge in [0.2, 0.25) is 5.91 Å². The molecule has 0 saturated carbocycles. The molecule has 3 amide bonds. The van der Waals surface area contributed by atoms with Gasteiger partial charge < -0.3 is 9.80 Å². The number of rotatable bonds is 10. The van der Waals surface area contributed by atoms with Crippen LogP contribution in [0, 0.1) is 0 Å². The fourth-order valence-corrected chi connectivity index (χ4v) is 4.90. The Bertz CT molecular complexity index is 1180. The van der Waals surface area contributed by atoms with E-state index in [-0.39, 0.29) is 11.9 Å². The Hall–Kier alpha value is -3.43. The van der Waals surface area contributed by atoms with Gasteiger partial charge in [-0.05, 0) is 54.8 Å². The molecule has 0 aliphatic carbocycles. The van der Waals surface area contributed by atoms with Gasteiger partial charge in [-0.25, -0.2) is 10.3 Å². The van der Waals surface area contributed by atoms with Crippen LogP contribution in [-0.2, 0) is 11.8 Å². The second-order valence-electron chi connectivity index (χ2n) is 9.64. The Labute approximate surface area is 218 Å². The highest BCUT2D eigenvalue weighted by atomic mass is 16.5. The Morgan fingerprint density at radius 1 is 0.973 bits per heavy atom. The maximum atomic E-state index is 13.6. The molecule has 2 N–H and O–H groups in total. The zero-order chi connectivity index (χ0) is 26.2. The zero-order valence-electron chi connectivity index (χ0n) is 21.9. The first-order valence-electron chi connectivity index (χ1n) is 13.2. The molecular formula is C28H38N6O3. The first-order chi connectivity index (χ1) is 18.0. The summed E-state index contributed by atoms with van der Waals surface area (Å²) in [5.74, 6) is -0.356. The highest BCUT2D eigenvalue weighted by Gasteiger charge is 2.25. The van der Waals surface area contributed by atoms with Gasteiger partial charge in [-0.1, -0.05) is 38.0 Å². The van der Waals surface area contributed by atoms with Gasteiger partial charge in [0, 0.05) is 57.3 Å². The number of aryl methyl sites for hydroxylation is 1. The molecule has 9 nitrogen and oxygen atoms in total. The maximum absolute atomic E-state index is 13.6. The Kier molecular flexibility index (Phi) is 9.14. The SMILES string of the molecule is CCN1CCN(C(=O)N(CCCCCCC(=O)NO)c2ccc(-c3ccc4c(cnn4C)c3)cc2)CC1. The number of hydroxylamine groups is 1. The van der Waals surface area contributed by atoms with Gasteiger partial charge in [0.1, 0.15) is 0 Å². The van der Waals surface area contributed by atoms with Crippen LogP contribution in [0.15, 0.2) is 48.7 Å². The van der Waals surface area contributed by atoms with Crippen molar-refractivity contribution in [2.75, 3.05) is 44.2 Å². The number of aromatic nitrogens is 2. The van der Waals surface area contributed by atoms with Crippen LogP contribution in [-0.4, -0.2) is 76.0 Å². The number of fused-ring (bicyclic) bond motifs is 1. The summed E-state index contributed by atoms with van der Waals surface area (Å²) < 4.78 is 1.87. The van der Waals surface area contributed by atoms with E-state index in [0.29, 0.717) is 13.0 Å². The van der Waals surface area contributed by atoms with E-state index in [1.165, 1.54) is 0 Å². The summed E-state index contributed by atoms with van der Waals surface area (Å²) in [7, 11) is 1.94. The van der Waals surface area contributed by atoms with Crippen molar-refractivity contribution in [3.63, 3.8) is 0 Å². The quantitative estimate of drug-likeness (QED) is 0.243. The second kappa shape index (κ2) is 12.7. The lowest BCUT2D eigenvalue weighted by Crippen LogP contribution is -2.53. The molecule has 0 unspecified atom stereocenters. The fourth-order valence-electron chi connectivity index (χ4n) is 4.90. The molecule has 1 fully saturated rings. The van der Waals surface area contributed by atoms with Crippen molar-refractivity contribution in [1.82, 2.24) is 25.1 Å². The topological polar surface area (TPSA) is 93.9 Å². The monoisotopic (exact) mass is 506 g/mol. The molecule has 2 heterocycles. The minimum absolute atomic E-state index is 0.0555.